The Morgan fingerprint density at radius 1 is 1.44 bits per heavy atom. The van der Waals surface area contributed by atoms with Gasteiger partial charge in [-0.05, 0) is 48.8 Å². The van der Waals surface area contributed by atoms with Gasteiger partial charge < -0.3 is 10.4 Å². The first kappa shape index (κ1) is 13.9. The molecule has 2 atom stereocenters. The molecule has 0 aromatic heterocycles. The molecule has 3 heteroatoms. The highest BCUT2D eigenvalue weighted by Gasteiger charge is 2.21. The van der Waals surface area contributed by atoms with Gasteiger partial charge in [0.15, 0.2) is 0 Å². The standard InChI is InChI=1S/C15H23NOS/c1-18-10-9-13(11-17)16-15-8-4-6-12-5-2-3-7-14(12)15/h2-3,5,7,13,15-17H,4,6,8-11H2,1H3. The first-order valence-corrected chi connectivity index (χ1v) is 8.18. The molecule has 1 aliphatic carbocycles. The molecule has 1 aromatic carbocycles. The molecular formula is C15H23NOS. The summed E-state index contributed by atoms with van der Waals surface area (Å²) < 4.78 is 0. The number of fused-ring (bicyclic) bond motifs is 1. The molecular weight excluding hydrogens is 242 g/mol. The van der Waals surface area contributed by atoms with E-state index in [0.717, 1.165) is 12.2 Å². The van der Waals surface area contributed by atoms with Gasteiger partial charge in [-0.3, -0.25) is 0 Å². The molecule has 1 aliphatic rings. The number of nitrogens with one attached hydrogen (secondary N) is 1. The summed E-state index contributed by atoms with van der Waals surface area (Å²) >= 11 is 1.84. The van der Waals surface area contributed by atoms with E-state index in [1.54, 1.807) is 0 Å². The SMILES string of the molecule is CSCCC(CO)NC1CCCc2ccccc21. The minimum absolute atomic E-state index is 0.230. The van der Waals surface area contributed by atoms with Crippen molar-refractivity contribution in [3.05, 3.63) is 35.4 Å². The Kier molecular flexibility index (Phi) is 5.54. The number of hydrogen-bond acceptors (Lipinski definition) is 3. The third-order valence-corrected chi connectivity index (χ3v) is 4.34. The lowest BCUT2D eigenvalue weighted by atomic mass is 9.87. The van der Waals surface area contributed by atoms with Crippen LogP contribution in [0.25, 0.3) is 0 Å². The van der Waals surface area contributed by atoms with Gasteiger partial charge in [-0.25, -0.2) is 0 Å². The maximum absolute atomic E-state index is 9.46. The topological polar surface area (TPSA) is 32.3 Å². The van der Waals surface area contributed by atoms with Crippen molar-refractivity contribution in [2.75, 3.05) is 18.6 Å². The zero-order valence-electron chi connectivity index (χ0n) is 11.1. The number of aliphatic hydroxyl groups excluding tert-OH is 1. The minimum Gasteiger partial charge on any atom is -0.395 e. The average Bonchev–Trinajstić information content (AvgIpc) is 2.43. The first-order valence-electron chi connectivity index (χ1n) is 6.78. The summed E-state index contributed by atoms with van der Waals surface area (Å²) in [6.45, 7) is 0.235. The second-order valence-electron chi connectivity index (χ2n) is 4.97. The van der Waals surface area contributed by atoms with Crippen molar-refractivity contribution in [1.29, 1.82) is 0 Å². The summed E-state index contributed by atoms with van der Waals surface area (Å²) in [5.74, 6) is 1.10. The van der Waals surface area contributed by atoms with Crippen molar-refractivity contribution < 1.29 is 5.11 Å². The van der Waals surface area contributed by atoms with Crippen molar-refractivity contribution in [2.24, 2.45) is 0 Å². The summed E-state index contributed by atoms with van der Waals surface area (Å²) in [5, 5.41) is 13.1. The summed E-state index contributed by atoms with van der Waals surface area (Å²) in [6.07, 6.45) is 6.78. The number of aliphatic hydroxyl groups is 1. The van der Waals surface area contributed by atoms with Crippen LogP contribution in [-0.2, 0) is 6.42 Å². The molecule has 0 heterocycles. The molecule has 0 aliphatic heterocycles. The van der Waals surface area contributed by atoms with Gasteiger partial charge in [0.05, 0.1) is 6.61 Å². The molecule has 0 bridgehead atoms. The quantitative estimate of drug-likeness (QED) is 0.829. The van der Waals surface area contributed by atoms with E-state index in [4.69, 9.17) is 0 Å². The highest BCUT2D eigenvalue weighted by atomic mass is 32.2. The molecule has 2 unspecified atom stereocenters. The fraction of sp³-hybridized carbons (Fsp3) is 0.600. The Hall–Kier alpha value is -0.510. The number of benzene rings is 1. The van der Waals surface area contributed by atoms with Gasteiger partial charge in [0.2, 0.25) is 0 Å². The molecule has 18 heavy (non-hydrogen) atoms. The maximum atomic E-state index is 9.46. The average molecular weight is 265 g/mol. The molecule has 1 aromatic rings. The van der Waals surface area contributed by atoms with Gasteiger partial charge in [0, 0.05) is 12.1 Å². The van der Waals surface area contributed by atoms with Crippen molar-refractivity contribution in [3.63, 3.8) is 0 Å². The minimum atomic E-state index is 0.230. The molecule has 0 saturated carbocycles. The zero-order chi connectivity index (χ0) is 12.8. The fourth-order valence-corrected chi connectivity index (χ4v) is 3.22. The largest absolute Gasteiger partial charge is 0.395 e. The second kappa shape index (κ2) is 7.17. The van der Waals surface area contributed by atoms with Crippen LogP contribution in [0.1, 0.15) is 36.4 Å². The van der Waals surface area contributed by atoms with E-state index in [-0.39, 0.29) is 12.6 Å². The third-order valence-electron chi connectivity index (χ3n) is 3.70. The van der Waals surface area contributed by atoms with Gasteiger partial charge in [0.1, 0.15) is 0 Å². The van der Waals surface area contributed by atoms with Crippen LogP contribution in [0.3, 0.4) is 0 Å². The molecule has 0 amide bonds. The lowest BCUT2D eigenvalue weighted by Crippen LogP contribution is -2.37. The monoisotopic (exact) mass is 265 g/mol. The molecule has 2 rings (SSSR count). The van der Waals surface area contributed by atoms with E-state index in [1.807, 2.05) is 11.8 Å². The summed E-state index contributed by atoms with van der Waals surface area (Å²) in [6, 6.07) is 9.36. The van der Waals surface area contributed by atoms with Crippen molar-refractivity contribution in [2.45, 2.75) is 37.8 Å². The lowest BCUT2D eigenvalue weighted by molar-refractivity contribution is 0.224. The number of thioether (sulfide) groups is 1. The van der Waals surface area contributed by atoms with E-state index in [0.29, 0.717) is 6.04 Å². The van der Waals surface area contributed by atoms with Gasteiger partial charge in [-0.15, -0.1) is 0 Å². The predicted molar refractivity (Wildman–Crippen MR) is 79.1 cm³/mol. The van der Waals surface area contributed by atoms with Gasteiger partial charge in [0.25, 0.3) is 0 Å². The van der Waals surface area contributed by atoms with Crippen molar-refractivity contribution >= 4 is 11.8 Å². The maximum Gasteiger partial charge on any atom is 0.0585 e. The number of aryl methyl sites for hydroxylation is 1. The van der Waals surface area contributed by atoms with Gasteiger partial charge >= 0.3 is 0 Å². The van der Waals surface area contributed by atoms with E-state index in [1.165, 1.54) is 30.4 Å². The van der Waals surface area contributed by atoms with Crippen LogP contribution in [0.2, 0.25) is 0 Å². The normalized spacial score (nSPS) is 20.4. The fourth-order valence-electron chi connectivity index (χ4n) is 2.70. The Morgan fingerprint density at radius 3 is 3.06 bits per heavy atom. The van der Waals surface area contributed by atoms with E-state index >= 15 is 0 Å². The summed E-state index contributed by atoms with van der Waals surface area (Å²) in [4.78, 5) is 0. The molecule has 0 spiro atoms. The molecule has 100 valence electrons. The summed E-state index contributed by atoms with van der Waals surface area (Å²) in [5.41, 5.74) is 2.91. The van der Waals surface area contributed by atoms with Crippen LogP contribution in [0.4, 0.5) is 0 Å². The Balaban J connectivity index is 2.01. The predicted octanol–water partition coefficient (Wildman–Crippen LogP) is 2.77. The van der Waals surface area contributed by atoms with Gasteiger partial charge in [-0.2, -0.15) is 11.8 Å². The molecule has 2 nitrogen and oxygen atoms in total. The number of hydrogen-bond donors (Lipinski definition) is 2. The Labute approximate surface area is 114 Å². The van der Waals surface area contributed by atoms with Crippen LogP contribution in [0.15, 0.2) is 24.3 Å². The molecule has 2 N–H and O–H groups in total. The number of rotatable bonds is 6. The highest BCUT2D eigenvalue weighted by Crippen LogP contribution is 2.29. The molecule has 0 fully saturated rings. The van der Waals surface area contributed by atoms with E-state index < -0.39 is 0 Å². The third kappa shape index (κ3) is 3.50. The Bertz CT molecular complexity index is 369. The summed E-state index contributed by atoms with van der Waals surface area (Å²) in [7, 11) is 0. The Morgan fingerprint density at radius 2 is 2.28 bits per heavy atom. The van der Waals surface area contributed by atoms with E-state index in [9.17, 15) is 5.11 Å². The van der Waals surface area contributed by atoms with Gasteiger partial charge in [-0.1, -0.05) is 24.3 Å². The van der Waals surface area contributed by atoms with Crippen LogP contribution >= 0.6 is 11.8 Å². The van der Waals surface area contributed by atoms with Crippen LogP contribution in [0.5, 0.6) is 0 Å². The van der Waals surface area contributed by atoms with Crippen LogP contribution in [-0.4, -0.2) is 29.8 Å². The highest BCUT2D eigenvalue weighted by molar-refractivity contribution is 7.98. The molecule has 0 radical (unpaired) electrons. The van der Waals surface area contributed by atoms with Crippen molar-refractivity contribution in [3.8, 4) is 0 Å². The molecule has 0 saturated heterocycles. The lowest BCUT2D eigenvalue weighted by Gasteiger charge is -2.30. The van der Waals surface area contributed by atoms with Crippen molar-refractivity contribution in [1.82, 2.24) is 5.32 Å². The zero-order valence-corrected chi connectivity index (χ0v) is 11.9. The van der Waals surface area contributed by atoms with Crippen LogP contribution in [0, 0.1) is 0 Å². The first-order chi connectivity index (χ1) is 8.85. The second-order valence-corrected chi connectivity index (χ2v) is 5.96. The smallest absolute Gasteiger partial charge is 0.0585 e. The van der Waals surface area contributed by atoms with E-state index in [2.05, 4.69) is 35.8 Å². The van der Waals surface area contributed by atoms with Crippen LogP contribution < -0.4 is 5.32 Å².